The van der Waals surface area contributed by atoms with Gasteiger partial charge in [-0.25, -0.2) is 4.68 Å². The monoisotopic (exact) mass is 599 g/mol. The van der Waals surface area contributed by atoms with Crippen LogP contribution in [0, 0.1) is 0 Å². The second-order valence-electron chi connectivity index (χ2n) is 9.63. The normalized spacial score (nSPS) is 11.2. The van der Waals surface area contributed by atoms with Crippen LogP contribution in [-0.2, 0) is 11.2 Å². The third-order valence-electron chi connectivity index (χ3n) is 6.68. The Morgan fingerprint density at radius 2 is 1.62 bits per heavy atom. The number of hydrogen-bond acceptors (Lipinski definition) is 4. The molecular weight excluding hydrogens is 573 g/mol. The number of aliphatic carboxylic acids is 1. The summed E-state index contributed by atoms with van der Waals surface area (Å²) >= 11 is 12.6. The predicted molar refractivity (Wildman–Crippen MR) is 167 cm³/mol. The number of carbonyl (C=O) groups is 2. The van der Waals surface area contributed by atoms with Crippen molar-refractivity contribution >= 4 is 52.1 Å². The molecule has 0 bridgehead atoms. The molecule has 4 aromatic carbocycles. The van der Waals surface area contributed by atoms with Gasteiger partial charge in [-0.1, -0.05) is 59.6 Å². The molecule has 0 saturated heterocycles. The standard InChI is InChI=1S/C33H27Cl2N3O4/c1-42-29-11-10-23-15-25(9-8-24(23)18-29)31-20-30(26-16-27(34)19-28(35)17-26)37-38(31)14-2-3-21-4-6-22(7-5-21)33(41)36-13-12-32(39)40/h2,4-11,14-20H,3,12-13H2,1H3,(H,36,41)(H,39,40)/b14-2-. The summed E-state index contributed by atoms with van der Waals surface area (Å²) in [6.07, 6.45) is 4.40. The molecule has 9 heteroatoms. The lowest BCUT2D eigenvalue weighted by atomic mass is 10.0. The van der Waals surface area contributed by atoms with E-state index in [-0.39, 0.29) is 18.9 Å². The quantitative estimate of drug-likeness (QED) is 0.172. The molecule has 42 heavy (non-hydrogen) atoms. The molecule has 0 aliphatic rings. The first-order valence-corrected chi connectivity index (χ1v) is 13.9. The zero-order valence-electron chi connectivity index (χ0n) is 22.7. The zero-order chi connectivity index (χ0) is 29.6. The van der Waals surface area contributed by atoms with E-state index in [2.05, 4.69) is 23.5 Å². The highest BCUT2D eigenvalue weighted by atomic mass is 35.5. The molecule has 1 amide bonds. The third kappa shape index (κ3) is 7.00. The highest BCUT2D eigenvalue weighted by molar-refractivity contribution is 6.35. The van der Waals surface area contributed by atoms with Crippen LogP contribution in [0.1, 0.15) is 22.3 Å². The fourth-order valence-electron chi connectivity index (χ4n) is 4.54. The fourth-order valence-corrected chi connectivity index (χ4v) is 5.07. The van der Waals surface area contributed by atoms with Crippen molar-refractivity contribution in [3.8, 4) is 28.3 Å². The van der Waals surface area contributed by atoms with Crippen molar-refractivity contribution in [1.29, 1.82) is 0 Å². The second-order valence-corrected chi connectivity index (χ2v) is 10.5. The number of ether oxygens (including phenoxy) is 1. The number of halogens is 2. The van der Waals surface area contributed by atoms with Gasteiger partial charge >= 0.3 is 5.97 Å². The van der Waals surface area contributed by atoms with Gasteiger partial charge in [-0.2, -0.15) is 5.10 Å². The van der Waals surface area contributed by atoms with Crippen molar-refractivity contribution in [2.75, 3.05) is 13.7 Å². The maximum atomic E-state index is 12.2. The average molecular weight is 601 g/mol. The molecule has 0 aliphatic heterocycles. The lowest BCUT2D eigenvalue weighted by molar-refractivity contribution is -0.136. The Kier molecular flexibility index (Phi) is 8.91. The number of nitrogens with one attached hydrogen (secondary N) is 1. The van der Waals surface area contributed by atoms with E-state index in [1.54, 1.807) is 25.3 Å². The van der Waals surface area contributed by atoms with Crippen molar-refractivity contribution in [3.05, 3.63) is 112 Å². The number of methoxy groups -OCH3 is 1. The van der Waals surface area contributed by atoms with E-state index in [1.165, 1.54) is 0 Å². The Labute approximate surface area is 253 Å². The van der Waals surface area contributed by atoms with Crippen LogP contribution in [0.25, 0.3) is 39.5 Å². The van der Waals surface area contributed by atoms with Crippen LogP contribution in [0.5, 0.6) is 5.75 Å². The van der Waals surface area contributed by atoms with Crippen LogP contribution < -0.4 is 10.1 Å². The molecule has 5 rings (SSSR count). The summed E-state index contributed by atoms with van der Waals surface area (Å²) in [5.74, 6) is -0.459. The van der Waals surface area contributed by atoms with Crippen molar-refractivity contribution in [2.45, 2.75) is 12.8 Å². The van der Waals surface area contributed by atoms with Gasteiger partial charge in [0.2, 0.25) is 0 Å². The Morgan fingerprint density at radius 3 is 2.33 bits per heavy atom. The zero-order valence-corrected chi connectivity index (χ0v) is 24.2. The minimum atomic E-state index is -0.956. The molecule has 0 fully saturated rings. The van der Waals surface area contributed by atoms with E-state index in [0.29, 0.717) is 22.0 Å². The minimum Gasteiger partial charge on any atom is -0.497 e. The maximum Gasteiger partial charge on any atom is 0.305 e. The average Bonchev–Trinajstić information content (AvgIpc) is 3.40. The van der Waals surface area contributed by atoms with Crippen molar-refractivity contribution in [2.24, 2.45) is 0 Å². The largest absolute Gasteiger partial charge is 0.497 e. The molecule has 0 unspecified atom stereocenters. The highest BCUT2D eigenvalue weighted by Gasteiger charge is 2.13. The number of carboxylic acid groups (broad SMARTS) is 1. The number of nitrogens with zero attached hydrogens (tertiary/aromatic N) is 2. The van der Waals surface area contributed by atoms with Gasteiger partial charge in [0.15, 0.2) is 0 Å². The molecule has 0 saturated carbocycles. The number of amides is 1. The summed E-state index contributed by atoms with van der Waals surface area (Å²) < 4.78 is 7.20. The summed E-state index contributed by atoms with van der Waals surface area (Å²) in [5.41, 5.74) is 4.89. The molecule has 1 heterocycles. The van der Waals surface area contributed by atoms with Crippen LogP contribution in [-0.4, -0.2) is 40.4 Å². The van der Waals surface area contributed by atoms with E-state index in [9.17, 15) is 9.59 Å². The molecule has 0 aliphatic carbocycles. The molecule has 0 spiro atoms. The van der Waals surface area contributed by atoms with Gasteiger partial charge in [0.1, 0.15) is 5.75 Å². The second kappa shape index (κ2) is 12.9. The molecule has 2 N–H and O–H groups in total. The molecule has 212 valence electrons. The topological polar surface area (TPSA) is 93.5 Å². The number of carbonyl (C=O) groups excluding carboxylic acids is 1. The Morgan fingerprint density at radius 1 is 0.905 bits per heavy atom. The van der Waals surface area contributed by atoms with E-state index < -0.39 is 5.97 Å². The lowest BCUT2D eigenvalue weighted by Gasteiger charge is -2.07. The molecule has 1 aromatic heterocycles. The first kappa shape index (κ1) is 28.9. The minimum absolute atomic E-state index is 0.0830. The van der Waals surface area contributed by atoms with Gasteiger partial charge in [0.25, 0.3) is 5.91 Å². The Balaban J connectivity index is 1.41. The predicted octanol–water partition coefficient (Wildman–Crippen LogP) is 7.60. The summed E-state index contributed by atoms with van der Waals surface area (Å²) in [6.45, 7) is 0.0830. The number of allylic oxidation sites excluding steroid dienone is 1. The highest BCUT2D eigenvalue weighted by Crippen LogP contribution is 2.32. The summed E-state index contributed by atoms with van der Waals surface area (Å²) in [6, 6.07) is 26.8. The fraction of sp³-hybridized carbons (Fsp3) is 0.121. The van der Waals surface area contributed by atoms with Crippen LogP contribution >= 0.6 is 23.2 Å². The number of fused-ring (bicyclic) bond motifs is 1. The summed E-state index contributed by atoms with van der Waals surface area (Å²) in [4.78, 5) is 22.9. The van der Waals surface area contributed by atoms with Gasteiger partial charge in [-0.05, 0) is 77.4 Å². The molecule has 0 atom stereocenters. The van der Waals surface area contributed by atoms with E-state index >= 15 is 0 Å². The smallest absolute Gasteiger partial charge is 0.305 e. The lowest BCUT2D eigenvalue weighted by Crippen LogP contribution is -2.25. The van der Waals surface area contributed by atoms with Gasteiger partial charge < -0.3 is 15.2 Å². The molecule has 5 aromatic rings. The Hall–Kier alpha value is -4.59. The van der Waals surface area contributed by atoms with Crippen LogP contribution in [0.15, 0.2) is 91.0 Å². The molecular formula is C33H27Cl2N3O4. The van der Waals surface area contributed by atoms with Crippen molar-refractivity contribution < 1.29 is 19.4 Å². The number of benzene rings is 4. The van der Waals surface area contributed by atoms with E-state index in [1.807, 2.05) is 65.5 Å². The summed E-state index contributed by atoms with van der Waals surface area (Å²) in [5, 5.41) is 19.4. The van der Waals surface area contributed by atoms with Gasteiger partial charge in [0, 0.05) is 39.5 Å². The van der Waals surface area contributed by atoms with Gasteiger partial charge in [-0.15, -0.1) is 0 Å². The number of hydrogen-bond donors (Lipinski definition) is 2. The maximum absolute atomic E-state index is 12.2. The van der Waals surface area contributed by atoms with Crippen molar-refractivity contribution in [1.82, 2.24) is 15.1 Å². The first-order valence-electron chi connectivity index (χ1n) is 13.2. The first-order chi connectivity index (χ1) is 20.3. The number of rotatable bonds is 10. The van der Waals surface area contributed by atoms with E-state index in [4.69, 9.17) is 38.1 Å². The molecule has 0 radical (unpaired) electrons. The van der Waals surface area contributed by atoms with E-state index in [0.717, 1.165) is 44.6 Å². The Bertz CT molecular complexity index is 1780. The summed E-state index contributed by atoms with van der Waals surface area (Å²) in [7, 11) is 1.65. The van der Waals surface area contributed by atoms with Gasteiger partial charge in [-0.3, -0.25) is 9.59 Å². The van der Waals surface area contributed by atoms with Crippen LogP contribution in [0.3, 0.4) is 0 Å². The van der Waals surface area contributed by atoms with Crippen molar-refractivity contribution in [3.63, 3.8) is 0 Å². The SMILES string of the molecule is COc1ccc2cc(-c3cc(-c4cc(Cl)cc(Cl)c4)nn3/C=C\Cc3ccc(C(=O)NCCC(=O)O)cc3)ccc2c1. The number of aromatic nitrogens is 2. The molecule has 7 nitrogen and oxygen atoms in total. The third-order valence-corrected chi connectivity index (χ3v) is 7.11. The van der Waals surface area contributed by atoms with Crippen LogP contribution in [0.4, 0.5) is 0 Å². The van der Waals surface area contributed by atoms with Gasteiger partial charge in [0.05, 0.1) is 24.9 Å². The number of carboxylic acids is 1. The van der Waals surface area contributed by atoms with Crippen LogP contribution in [0.2, 0.25) is 10.0 Å².